The van der Waals surface area contributed by atoms with Crippen LogP contribution in [0.1, 0.15) is 17.5 Å². The second-order valence-electron chi connectivity index (χ2n) is 9.74. The minimum absolute atomic E-state index is 0.00294. The summed E-state index contributed by atoms with van der Waals surface area (Å²) >= 11 is 12.4. The van der Waals surface area contributed by atoms with Crippen LogP contribution in [0.2, 0.25) is 10.0 Å². The number of methoxy groups -OCH3 is 1. The fourth-order valence-electron chi connectivity index (χ4n) is 5.48. The number of carbonyl (C=O) groups is 2. The zero-order valence-electron chi connectivity index (χ0n) is 22.2. The van der Waals surface area contributed by atoms with E-state index < -0.39 is 44.6 Å². The summed E-state index contributed by atoms with van der Waals surface area (Å²) in [5.41, 5.74) is -1.56. The van der Waals surface area contributed by atoms with E-state index in [1.807, 2.05) is 0 Å². The van der Waals surface area contributed by atoms with Gasteiger partial charge in [0.1, 0.15) is 11.8 Å². The summed E-state index contributed by atoms with van der Waals surface area (Å²) in [5.74, 6) is -1.43. The minimum Gasteiger partial charge on any atom is -0.496 e. The molecule has 3 atom stereocenters. The number of benzene rings is 2. The molecule has 1 unspecified atom stereocenters. The number of hydrogen-bond donors (Lipinski definition) is 1. The number of fused-ring (bicyclic) bond motifs is 1. The topological polar surface area (TPSA) is 130 Å². The first kappa shape index (κ1) is 29.2. The number of rotatable bonds is 7. The van der Waals surface area contributed by atoms with Gasteiger partial charge < -0.3 is 14.7 Å². The molecule has 1 saturated heterocycles. The Kier molecular flexibility index (Phi) is 7.74. The molecule has 216 valence electrons. The number of aliphatic hydroxyl groups is 1. The highest BCUT2D eigenvalue weighted by Crippen LogP contribution is 2.54. The van der Waals surface area contributed by atoms with Gasteiger partial charge in [0.05, 0.1) is 23.9 Å². The van der Waals surface area contributed by atoms with E-state index in [4.69, 9.17) is 32.8 Å². The molecular weight excluding hydrogens is 595 g/mol. The molecule has 14 heteroatoms. The van der Waals surface area contributed by atoms with Crippen molar-refractivity contribution in [2.75, 3.05) is 32.1 Å². The molecule has 1 aromatic heterocycles. The third-order valence-corrected chi connectivity index (χ3v) is 9.09. The van der Waals surface area contributed by atoms with Crippen molar-refractivity contribution in [3.05, 3.63) is 82.0 Å². The number of β-amino-alcohol motifs (C(OH)–C–C–N with tert-alkyl or cyclic N) is 1. The number of sulfonamides is 1. The predicted octanol–water partition coefficient (Wildman–Crippen LogP) is 2.83. The maximum absolute atomic E-state index is 14.9. The van der Waals surface area contributed by atoms with Gasteiger partial charge in [-0.3, -0.25) is 9.69 Å². The molecule has 3 heterocycles. The van der Waals surface area contributed by atoms with Crippen molar-refractivity contribution in [1.82, 2.24) is 14.9 Å². The van der Waals surface area contributed by atoms with Gasteiger partial charge in [-0.15, -0.1) is 5.06 Å². The molecule has 0 saturated carbocycles. The van der Waals surface area contributed by atoms with E-state index in [1.54, 1.807) is 24.3 Å². The fraction of sp³-hybridized carbons (Fsp3) is 0.296. The van der Waals surface area contributed by atoms with Gasteiger partial charge in [0.2, 0.25) is 0 Å². The lowest BCUT2D eigenvalue weighted by atomic mass is 9.81. The number of carbonyl (C=O) groups excluding carboxylic acids is 2. The van der Waals surface area contributed by atoms with Gasteiger partial charge in [0.15, 0.2) is 10.6 Å². The Morgan fingerprint density at radius 2 is 1.80 bits per heavy atom. The van der Waals surface area contributed by atoms with Crippen LogP contribution >= 0.6 is 23.2 Å². The van der Waals surface area contributed by atoms with Gasteiger partial charge in [-0.2, -0.15) is 12.7 Å². The Bertz CT molecular complexity index is 1620. The van der Waals surface area contributed by atoms with Crippen LogP contribution in [0.25, 0.3) is 0 Å². The van der Waals surface area contributed by atoms with E-state index in [2.05, 4.69) is 4.98 Å². The van der Waals surface area contributed by atoms with Crippen molar-refractivity contribution < 1.29 is 32.7 Å². The van der Waals surface area contributed by atoms with Gasteiger partial charge in [-0.25, -0.2) is 9.78 Å². The monoisotopic (exact) mass is 620 g/mol. The van der Waals surface area contributed by atoms with E-state index in [1.165, 1.54) is 61.5 Å². The zero-order chi connectivity index (χ0) is 29.7. The molecule has 11 nitrogen and oxygen atoms in total. The van der Waals surface area contributed by atoms with E-state index in [-0.39, 0.29) is 45.6 Å². The Hall–Kier alpha value is -3.26. The quantitative estimate of drug-likeness (QED) is 0.394. The Labute approximate surface area is 246 Å². The van der Waals surface area contributed by atoms with Gasteiger partial charge in [0.25, 0.3) is 15.9 Å². The van der Waals surface area contributed by atoms with Crippen LogP contribution in [0.5, 0.6) is 5.75 Å². The van der Waals surface area contributed by atoms with Crippen LogP contribution in [-0.2, 0) is 30.0 Å². The molecule has 41 heavy (non-hydrogen) atoms. The number of hydrogen-bond acceptors (Lipinski definition) is 10. The molecule has 0 radical (unpaired) electrons. The SMILES string of the molecule is COc1ccccc1C1(N2C[C@H](O)C[C@H]2C(=O)ON(C)C)C(=O)N(S(=O)(=O)c2ccc(Cl)cn2)c2ccc(Cl)cc21. The van der Waals surface area contributed by atoms with Crippen LogP contribution < -0.4 is 9.04 Å². The molecule has 0 aliphatic carbocycles. The number of para-hydroxylation sites is 1. The lowest BCUT2D eigenvalue weighted by Crippen LogP contribution is -2.58. The zero-order valence-corrected chi connectivity index (χ0v) is 24.5. The molecule has 0 spiro atoms. The number of nitrogens with zero attached hydrogens (tertiary/aromatic N) is 4. The van der Waals surface area contributed by atoms with Crippen molar-refractivity contribution in [1.29, 1.82) is 0 Å². The molecule has 2 aliphatic rings. The number of aliphatic hydroxyl groups excluding tert-OH is 1. The summed E-state index contributed by atoms with van der Waals surface area (Å²) in [6.07, 6.45) is 0.0495. The lowest BCUT2D eigenvalue weighted by molar-refractivity contribution is -0.185. The average molecular weight is 621 g/mol. The molecule has 2 aliphatic heterocycles. The van der Waals surface area contributed by atoms with Crippen molar-refractivity contribution >= 4 is 50.8 Å². The number of anilines is 1. The molecule has 2 aromatic carbocycles. The molecule has 1 fully saturated rings. The lowest BCUT2D eigenvalue weighted by Gasteiger charge is -2.41. The van der Waals surface area contributed by atoms with Crippen molar-refractivity contribution in [3.8, 4) is 5.75 Å². The summed E-state index contributed by atoms with van der Waals surface area (Å²) in [4.78, 5) is 39.1. The summed E-state index contributed by atoms with van der Waals surface area (Å²) in [6, 6.07) is 12.3. The van der Waals surface area contributed by atoms with Gasteiger partial charge in [0, 0.05) is 49.4 Å². The normalized spacial score (nSPS) is 22.7. The first-order chi connectivity index (χ1) is 19.4. The van der Waals surface area contributed by atoms with Crippen molar-refractivity contribution in [2.45, 2.75) is 29.1 Å². The van der Waals surface area contributed by atoms with Gasteiger partial charge in [-0.05, 0) is 36.4 Å². The highest BCUT2D eigenvalue weighted by molar-refractivity contribution is 7.93. The number of hydroxylamine groups is 2. The second-order valence-corrected chi connectivity index (χ2v) is 12.3. The Morgan fingerprint density at radius 1 is 1.10 bits per heavy atom. The predicted molar refractivity (Wildman–Crippen MR) is 150 cm³/mol. The Balaban J connectivity index is 1.84. The Morgan fingerprint density at radius 3 is 2.46 bits per heavy atom. The number of aromatic nitrogens is 1. The average Bonchev–Trinajstić information content (AvgIpc) is 3.43. The van der Waals surface area contributed by atoms with Crippen molar-refractivity contribution in [2.24, 2.45) is 0 Å². The van der Waals surface area contributed by atoms with Crippen LogP contribution in [0.15, 0.2) is 65.8 Å². The third-order valence-electron chi connectivity index (χ3n) is 7.02. The number of ether oxygens (including phenoxy) is 1. The molecule has 5 rings (SSSR count). The molecular formula is C27H26Cl2N4O7S. The summed E-state index contributed by atoms with van der Waals surface area (Å²) in [6.45, 7) is -0.171. The first-order valence-electron chi connectivity index (χ1n) is 12.4. The highest BCUT2D eigenvalue weighted by atomic mass is 35.5. The molecule has 3 aromatic rings. The highest BCUT2D eigenvalue weighted by Gasteiger charge is 2.64. The first-order valence-corrected chi connectivity index (χ1v) is 14.6. The summed E-state index contributed by atoms with van der Waals surface area (Å²) < 4.78 is 34.5. The maximum atomic E-state index is 14.9. The van der Waals surface area contributed by atoms with Crippen LogP contribution in [0.4, 0.5) is 5.69 Å². The van der Waals surface area contributed by atoms with Gasteiger partial charge >= 0.3 is 5.97 Å². The molecule has 0 bridgehead atoms. The summed E-state index contributed by atoms with van der Waals surface area (Å²) in [5, 5.41) is 12.0. The second kappa shape index (κ2) is 10.9. The van der Waals surface area contributed by atoms with E-state index in [0.717, 1.165) is 6.20 Å². The molecule has 1 N–H and O–H groups in total. The van der Waals surface area contributed by atoms with E-state index in [9.17, 15) is 23.1 Å². The largest absolute Gasteiger partial charge is 0.496 e. The van der Waals surface area contributed by atoms with E-state index in [0.29, 0.717) is 4.31 Å². The van der Waals surface area contributed by atoms with Crippen molar-refractivity contribution in [3.63, 3.8) is 0 Å². The van der Waals surface area contributed by atoms with Crippen LogP contribution in [0, 0.1) is 0 Å². The maximum Gasteiger partial charge on any atom is 0.342 e. The number of pyridine rings is 1. The fourth-order valence-corrected chi connectivity index (χ4v) is 7.14. The van der Waals surface area contributed by atoms with E-state index >= 15 is 0 Å². The minimum atomic E-state index is -4.61. The molecule has 1 amide bonds. The van der Waals surface area contributed by atoms with Gasteiger partial charge in [-0.1, -0.05) is 41.4 Å². The smallest absolute Gasteiger partial charge is 0.342 e. The van der Waals surface area contributed by atoms with Crippen LogP contribution in [-0.4, -0.2) is 80.2 Å². The third kappa shape index (κ3) is 4.74. The standard InChI is InChI=1S/C27H26Cl2N4O7S/c1-31(2)40-25(35)22-13-18(34)15-32(22)27(19-6-4-5-7-23(19)39-3)20-12-16(28)8-10-21(20)33(26(27)36)41(37,38)24-11-9-17(29)14-30-24/h4-12,14,18,22,34H,13,15H2,1-3H3/t18-,22+,27?/m1/s1. The number of amides is 1. The number of likely N-dealkylation sites (tertiary alicyclic amines) is 1. The summed E-state index contributed by atoms with van der Waals surface area (Å²) in [7, 11) is -0.161. The number of halogens is 2. The van der Waals surface area contributed by atoms with Crippen LogP contribution in [0.3, 0.4) is 0 Å².